The highest BCUT2D eigenvalue weighted by atomic mass is 16.5. The topological polar surface area (TPSA) is 77.2 Å². The van der Waals surface area contributed by atoms with Crippen LogP contribution < -0.4 is 15.4 Å². The molecule has 0 fully saturated rings. The SMILES string of the molecule is CCCCCCCOc1nc(N)nc(N(C)C)n1. The van der Waals surface area contributed by atoms with Crippen molar-refractivity contribution in [2.75, 3.05) is 31.3 Å². The Morgan fingerprint density at radius 2 is 1.78 bits per heavy atom. The molecule has 0 bridgehead atoms. The van der Waals surface area contributed by atoms with E-state index in [0.717, 1.165) is 6.42 Å². The number of hydrogen-bond donors (Lipinski definition) is 1. The van der Waals surface area contributed by atoms with Gasteiger partial charge in [0.05, 0.1) is 6.61 Å². The average Bonchev–Trinajstić information content (AvgIpc) is 2.33. The van der Waals surface area contributed by atoms with Crippen LogP contribution in [0.3, 0.4) is 0 Å². The first-order chi connectivity index (χ1) is 8.63. The van der Waals surface area contributed by atoms with Crippen LogP contribution in [-0.4, -0.2) is 35.7 Å². The standard InChI is InChI=1S/C12H23N5O/c1-4-5-6-7-8-9-18-12-15-10(13)14-11(16-12)17(2)3/h4-9H2,1-3H3,(H2,13,14,15,16). The molecule has 0 saturated carbocycles. The maximum Gasteiger partial charge on any atom is 0.323 e. The van der Waals surface area contributed by atoms with Gasteiger partial charge in [0.1, 0.15) is 0 Å². The van der Waals surface area contributed by atoms with Crippen LogP contribution in [0.5, 0.6) is 6.01 Å². The second-order valence-corrected chi connectivity index (χ2v) is 4.43. The van der Waals surface area contributed by atoms with Crippen LogP contribution in [0.15, 0.2) is 0 Å². The zero-order valence-corrected chi connectivity index (χ0v) is 11.5. The third-order valence-corrected chi connectivity index (χ3v) is 2.50. The largest absolute Gasteiger partial charge is 0.463 e. The van der Waals surface area contributed by atoms with Gasteiger partial charge in [-0.15, -0.1) is 0 Å². The van der Waals surface area contributed by atoms with Crippen LogP contribution in [0.2, 0.25) is 0 Å². The van der Waals surface area contributed by atoms with Crippen molar-refractivity contribution in [1.82, 2.24) is 15.0 Å². The number of aromatic nitrogens is 3. The molecule has 6 nitrogen and oxygen atoms in total. The summed E-state index contributed by atoms with van der Waals surface area (Å²) in [6.07, 6.45) is 5.97. The number of rotatable bonds is 8. The van der Waals surface area contributed by atoms with Crippen LogP contribution >= 0.6 is 0 Å². The van der Waals surface area contributed by atoms with Gasteiger partial charge in [0.15, 0.2) is 0 Å². The highest BCUT2D eigenvalue weighted by molar-refractivity contribution is 5.33. The summed E-state index contributed by atoms with van der Waals surface area (Å²) in [4.78, 5) is 13.9. The maximum absolute atomic E-state index is 5.60. The number of hydrogen-bond acceptors (Lipinski definition) is 6. The molecular formula is C12H23N5O. The molecule has 0 spiro atoms. The Bertz CT molecular complexity index is 356. The minimum Gasteiger partial charge on any atom is -0.463 e. The van der Waals surface area contributed by atoms with Crippen molar-refractivity contribution in [2.24, 2.45) is 0 Å². The zero-order valence-electron chi connectivity index (χ0n) is 11.5. The highest BCUT2D eigenvalue weighted by Gasteiger charge is 2.06. The molecule has 1 rings (SSSR count). The lowest BCUT2D eigenvalue weighted by Crippen LogP contribution is -2.15. The van der Waals surface area contributed by atoms with E-state index in [1.807, 2.05) is 14.1 Å². The summed E-state index contributed by atoms with van der Waals surface area (Å²) in [6, 6.07) is 0.307. The van der Waals surface area contributed by atoms with E-state index in [9.17, 15) is 0 Å². The number of unbranched alkanes of at least 4 members (excludes halogenated alkanes) is 4. The van der Waals surface area contributed by atoms with Crippen molar-refractivity contribution in [3.63, 3.8) is 0 Å². The predicted octanol–water partition coefficient (Wildman–Crippen LogP) is 1.87. The number of nitrogen functional groups attached to an aromatic ring is 1. The fraction of sp³-hybridized carbons (Fsp3) is 0.750. The van der Waals surface area contributed by atoms with Crippen molar-refractivity contribution in [1.29, 1.82) is 0 Å². The van der Waals surface area contributed by atoms with Crippen LogP contribution in [0.25, 0.3) is 0 Å². The van der Waals surface area contributed by atoms with Gasteiger partial charge >= 0.3 is 6.01 Å². The van der Waals surface area contributed by atoms with Crippen molar-refractivity contribution in [2.45, 2.75) is 39.0 Å². The van der Waals surface area contributed by atoms with Gasteiger partial charge in [0.2, 0.25) is 11.9 Å². The van der Waals surface area contributed by atoms with E-state index >= 15 is 0 Å². The first-order valence-electron chi connectivity index (χ1n) is 6.45. The predicted molar refractivity (Wildman–Crippen MR) is 72.8 cm³/mol. The Morgan fingerprint density at radius 3 is 2.44 bits per heavy atom. The molecule has 1 aromatic heterocycles. The molecule has 0 saturated heterocycles. The second kappa shape index (κ2) is 7.68. The van der Waals surface area contributed by atoms with Gasteiger partial charge in [0, 0.05) is 14.1 Å². The first-order valence-corrected chi connectivity index (χ1v) is 6.45. The van der Waals surface area contributed by atoms with Gasteiger partial charge in [-0.3, -0.25) is 0 Å². The average molecular weight is 253 g/mol. The Hall–Kier alpha value is -1.59. The summed E-state index contributed by atoms with van der Waals surface area (Å²) >= 11 is 0. The van der Waals surface area contributed by atoms with Crippen molar-refractivity contribution >= 4 is 11.9 Å². The van der Waals surface area contributed by atoms with Gasteiger partial charge in [-0.2, -0.15) is 15.0 Å². The summed E-state index contributed by atoms with van der Waals surface area (Å²) in [5.41, 5.74) is 5.60. The summed E-state index contributed by atoms with van der Waals surface area (Å²) in [5, 5.41) is 0. The smallest absolute Gasteiger partial charge is 0.323 e. The van der Waals surface area contributed by atoms with Crippen LogP contribution in [-0.2, 0) is 0 Å². The van der Waals surface area contributed by atoms with E-state index in [2.05, 4.69) is 21.9 Å². The number of nitrogens with zero attached hydrogens (tertiary/aromatic N) is 4. The Morgan fingerprint density at radius 1 is 1.06 bits per heavy atom. The van der Waals surface area contributed by atoms with E-state index in [0.29, 0.717) is 18.6 Å². The van der Waals surface area contributed by atoms with Gasteiger partial charge in [-0.05, 0) is 6.42 Å². The Labute approximate surface area is 109 Å². The third kappa shape index (κ3) is 5.16. The monoisotopic (exact) mass is 253 g/mol. The normalized spacial score (nSPS) is 10.4. The molecule has 6 heteroatoms. The van der Waals surface area contributed by atoms with Gasteiger partial charge in [-0.1, -0.05) is 32.6 Å². The Kier molecular flexibility index (Phi) is 6.18. The van der Waals surface area contributed by atoms with Crippen LogP contribution in [0.1, 0.15) is 39.0 Å². The minimum absolute atomic E-state index is 0.190. The molecule has 0 radical (unpaired) electrons. The first kappa shape index (κ1) is 14.5. The summed E-state index contributed by atoms with van der Waals surface area (Å²) in [5.74, 6) is 0.707. The van der Waals surface area contributed by atoms with Crippen molar-refractivity contribution in [3.8, 4) is 6.01 Å². The molecule has 0 unspecified atom stereocenters. The van der Waals surface area contributed by atoms with Crippen LogP contribution in [0, 0.1) is 0 Å². The molecule has 0 atom stereocenters. The summed E-state index contributed by atoms with van der Waals surface area (Å²) in [7, 11) is 3.70. The molecule has 1 aromatic rings. The van der Waals surface area contributed by atoms with E-state index in [-0.39, 0.29) is 5.95 Å². The van der Waals surface area contributed by atoms with E-state index < -0.39 is 0 Å². The lowest BCUT2D eigenvalue weighted by atomic mass is 10.2. The van der Waals surface area contributed by atoms with Crippen molar-refractivity contribution < 1.29 is 4.74 Å². The fourth-order valence-electron chi connectivity index (χ4n) is 1.49. The lowest BCUT2D eigenvalue weighted by Gasteiger charge is -2.11. The molecular weight excluding hydrogens is 230 g/mol. The number of ether oxygens (including phenoxy) is 1. The zero-order chi connectivity index (χ0) is 13.4. The van der Waals surface area contributed by atoms with Crippen molar-refractivity contribution in [3.05, 3.63) is 0 Å². The number of nitrogens with two attached hydrogens (primary N) is 1. The summed E-state index contributed by atoms with van der Waals surface area (Å²) in [6.45, 7) is 2.83. The lowest BCUT2D eigenvalue weighted by molar-refractivity contribution is 0.281. The molecule has 0 amide bonds. The van der Waals surface area contributed by atoms with E-state index in [1.54, 1.807) is 4.90 Å². The molecule has 18 heavy (non-hydrogen) atoms. The van der Waals surface area contributed by atoms with Gasteiger partial charge < -0.3 is 15.4 Å². The summed E-state index contributed by atoms with van der Waals surface area (Å²) < 4.78 is 5.49. The van der Waals surface area contributed by atoms with Gasteiger partial charge in [0.25, 0.3) is 0 Å². The third-order valence-electron chi connectivity index (χ3n) is 2.50. The highest BCUT2D eigenvalue weighted by Crippen LogP contribution is 2.11. The maximum atomic E-state index is 5.60. The van der Waals surface area contributed by atoms with Gasteiger partial charge in [-0.25, -0.2) is 0 Å². The quantitative estimate of drug-likeness (QED) is 0.713. The van der Waals surface area contributed by atoms with Crippen LogP contribution in [0.4, 0.5) is 11.9 Å². The minimum atomic E-state index is 0.190. The molecule has 0 aliphatic heterocycles. The fourth-order valence-corrected chi connectivity index (χ4v) is 1.49. The van der Waals surface area contributed by atoms with E-state index in [1.165, 1.54) is 25.7 Å². The number of anilines is 2. The Balaban J connectivity index is 2.37. The molecule has 0 aliphatic rings. The molecule has 0 aromatic carbocycles. The molecule has 0 aliphatic carbocycles. The molecule has 2 N–H and O–H groups in total. The second-order valence-electron chi connectivity index (χ2n) is 4.43. The molecule has 102 valence electrons. The molecule has 1 heterocycles. The van der Waals surface area contributed by atoms with E-state index in [4.69, 9.17) is 10.5 Å².